The molecular formula is C18H22O5S2. The quantitative estimate of drug-likeness (QED) is 0.758. The monoisotopic (exact) mass is 382 g/mol. The van der Waals surface area contributed by atoms with Crippen LogP contribution in [0.4, 0.5) is 0 Å². The number of hydrogen-bond acceptors (Lipinski definition) is 5. The number of hydrogen-bond donors (Lipinski definition) is 1. The molecule has 0 unspecified atom stereocenters. The zero-order valence-corrected chi connectivity index (χ0v) is 15.6. The smallest absolute Gasteiger partial charge is 0.196 e. The normalized spacial score (nSPS) is 13.7. The van der Waals surface area contributed by atoms with Gasteiger partial charge in [-0.05, 0) is 36.6 Å². The fraction of sp³-hybridized carbons (Fsp3) is 0.333. The first-order chi connectivity index (χ1) is 11.9. The summed E-state index contributed by atoms with van der Waals surface area (Å²) in [5.74, 6) is -0.708. The van der Waals surface area contributed by atoms with Gasteiger partial charge in [0.25, 0.3) is 0 Å². The lowest BCUT2D eigenvalue weighted by Crippen LogP contribution is -2.38. The standard InChI is InChI=1S/C18H22O5S2/c1-2-15(13-14-19)18(24(20,21)16-9-5-3-6-10-16)25(22,23)17-11-7-4-8-12-17/h3-12,15,18-19H,2,13-14H2,1H3/t15-/m1/s1. The van der Waals surface area contributed by atoms with E-state index in [9.17, 15) is 21.9 Å². The zero-order valence-electron chi connectivity index (χ0n) is 13.9. The van der Waals surface area contributed by atoms with Crippen molar-refractivity contribution in [1.29, 1.82) is 0 Å². The minimum absolute atomic E-state index is 0.0316. The van der Waals surface area contributed by atoms with Crippen LogP contribution >= 0.6 is 0 Å². The van der Waals surface area contributed by atoms with Gasteiger partial charge in [0.2, 0.25) is 0 Å². The van der Waals surface area contributed by atoms with E-state index in [2.05, 4.69) is 0 Å². The summed E-state index contributed by atoms with van der Waals surface area (Å²) in [5.41, 5.74) is 0. The highest BCUT2D eigenvalue weighted by atomic mass is 32.3. The maximum Gasteiger partial charge on any atom is 0.196 e. The van der Waals surface area contributed by atoms with E-state index in [1.54, 1.807) is 43.3 Å². The van der Waals surface area contributed by atoms with Crippen molar-refractivity contribution in [2.45, 2.75) is 34.1 Å². The number of rotatable bonds is 8. The van der Waals surface area contributed by atoms with E-state index in [-0.39, 0.29) is 22.8 Å². The first kappa shape index (κ1) is 19.6. The number of aliphatic hydroxyl groups excluding tert-OH is 1. The SMILES string of the molecule is CC[C@H](CCO)C(S(=O)(=O)c1ccccc1)S(=O)(=O)c1ccccc1. The van der Waals surface area contributed by atoms with Gasteiger partial charge in [0.1, 0.15) is 0 Å². The fourth-order valence-electron chi connectivity index (χ4n) is 2.86. The van der Waals surface area contributed by atoms with E-state index in [1.807, 2.05) is 0 Å². The summed E-state index contributed by atoms with van der Waals surface area (Å²) in [4.78, 5) is -0.0632. The fourth-order valence-corrected chi connectivity index (χ4v) is 8.14. The van der Waals surface area contributed by atoms with Gasteiger partial charge in [-0.15, -0.1) is 0 Å². The maximum absolute atomic E-state index is 13.2. The Bertz CT molecular complexity index is 806. The molecule has 2 aromatic carbocycles. The Kier molecular flexibility index (Phi) is 6.37. The van der Waals surface area contributed by atoms with Gasteiger partial charge in [-0.1, -0.05) is 49.7 Å². The van der Waals surface area contributed by atoms with Crippen LogP contribution in [-0.2, 0) is 19.7 Å². The van der Waals surface area contributed by atoms with Crippen molar-refractivity contribution < 1.29 is 21.9 Å². The average Bonchev–Trinajstić information content (AvgIpc) is 2.62. The number of aliphatic hydroxyl groups is 1. The molecule has 1 N–H and O–H groups in total. The molecule has 0 saturated carbocycles. The van der Waals surface area contributed by atoms with Crippen LogP contribution in [0.25, 0.3) is 0 Å². The molecule has 0 heterocycles. The second-order valence-electron chi connectivity index (χ2n) is 5.77. The van der Waals surface area contributed by atoms with E-state index >= 15 is 0 Å². The highest BCUT2D eigenvalue weighted by Gasteiger charge is 2.44. The molecule has 0 radical (unpaired) electrons. The molecule has 0 aliphatic rings. The third-order valence-corrected chi connectivity index (χ3v) is 9.54. The van der Waals surface area contributed by atoms with Gasteiger partial charge in [0, 0.05) is 6.61 Å². The second-order valence-corrected chi connectivity index (χ2v) is 10.2. The van der Waals surface area contributed by atoms with E-state index in [0.29, 0.717) is 6.42 Å². The van der Waals surface area contributed by atoms with Crippen molar-refractivity contribution in [1.82, 2.24) is 0 Å². The predicted molar refractivity (Wildman–Crippen MR) is 96.5 cm³/mol. The van der Waals surface area contributed by atoms with Crippen LogP contribution in [0.15, 0.2) is 70.5 Å². The van der Waals surface area contributed by atoms with Crippen molar-refractivity contribution in [3.63, 3.8) is 0 Å². The molecular weight excluding hydrogens is 360 g/mol. The van der Waals surface area contributed by atoms with Crippen LogP contribution in [0.5, 0.6) is 0 Å². The Morgan fingerprint density at radius 1 is 0.800 bits per heavy atom. The summed E-state index contributed by atoms with van der Waals surface area (Å²) in [6.07, 6.45) is 0.419. The Labute approximate surface area is 149 Å². The van der Waals surface area contributed by atoms with Crippen molar-refractivity contribution in [3.8, 4) is 0 Å². The molecule has 2 aromatic rings. The van der Waals surface area contributed by atoms with Gasteiger partial charge in [-0.3, -0.25) is 0 Å². The predicted octanol–water partition coefficient (Wildman–Crippen LogP) is 2.67. The van der Waals surface area contributed by atoms with Crippen LogP contribution in [0.3, 0.4) is 0 Å². The molecule has 1 atom stereocenters. The Balaban J connectivity index is 2.66. The van der Waals surface area contributed by atoms with Gasteiger partial charge in [0.15, 0.2) is 24.3 Å². The summed E-state index contributed by atoms with van der Waals surface area (Å²) < 4.78 is 51.0. The minimum Gasteiger partial charge on any atom is -0.396 e. The highest BCUT2D eigenvalue weighted by molar-refractivity contribution is 8.09. The summed E-state index contributed by atoms with van der Waals surface area (Å²) in [6.45, 7) is 1.46. The summed E-state index contributed by atoms with van der Waals surface area (Å²) in [6, 6.07) is 15.2. The van der Waals surface area contributed by atoms with Crippen LogP contribution in [0.1, 0.15) is 19.8 Å². The lowest BCUT2D eigenvalue weighted by molar-refractivity contribution is 0.257. The lowest BCUT2D eigenvalue weighted by atomic mass is 10.1. The molecule has 0 aromatic heterocycles. The van der Waals surface area contributed by atoms with Crippen molar-refractivity contribution in [2.75, 3.05) is 6.61 Å². The lowest BCUT2D eigenvalue weighted by Gasteiger charge is -2.26. The maximum atomic E-state index is 13.2. The molecule has 0 aliphatic carbocycles. The highest BCUT2D eigenvalue weighted by Crippen LogP contribution is 2.33. The molecule has 0 fully saturated rings. The van der Waals surface area contributed by atoms with Crippen LogP contribution in [0, 0.1) is 5.92 Å². The largest absolute Gasteiger partial charge is 0.396 e. The summed E-state index contributed by atoms with van der Waals surface area (Å²) >= 11 is 0. The first-order valence-corrected chi connectivity index (χ1v) is 11.1. The van der Waals surface area contributed by atoms with Gasteiger partial charge in [0.05, 0.1) is 9.79 Å². The third kappa shape index (κ3) is 4.11. The number of sulfone groups is 2. The third-order valence-electron chi connectivity index (χ3n) is 4.16. The van der Waals surface area contributed by atoms with Crippen molar-refractivity contribution in [3.05, 3.63) is 60.7 Å². The van der Waals surface area contributed by atoms with Gasteiger partial charge < -0.3 is 5.11 Å². The van der Waals surface area contributed by atoms with Crippen molar-refractivity contribution >= 4 is 19.7 Å². The van der Waals surface area contributed by atoms with Crippen LogP contribution < -0.4 is 0 Å². The van der Waals surface area contributed by atoms with Gasteiger partial charge in [-0.25, -0.2) is 16.8 Å². The number of benzene rings is 2. The molecule has 0 amide bonds. The Morgan fingerprint density at radius 3 is 1.52 bits per heavy atom. The molecule has 136 valence electrons. The van der Waals surface area contributed by atoms with Crippen LogP contribution in [0.2, 0.25) is 0 Å². The molecule has 7 heteroatoms. The summed E-state index contributed by atoms with van der Waals surface area (Å²) in [7, 11) is -8.28. The zero-order chi connectivity index (χ0) is 18.5. The average molecular weight is 383 g/mol. The van der Waals surface area contributed by atoms with E-state index in [4.69, 9.17) is 0 Å². The Hall–Kier alpha value is -1.70. The van der Waals surface area contributed by atoms with E-state index in [0.717, 1.165) is 0 Å². The van der Waals surface area contributed by atoms with Gasteiger partial charge in [-0.2, -0.15) is 0 Å². The van der Waals surface area contributed by atoms with E-state index < -0.39 is 30.2 Å². The first-order valence-electron chi connectivity index (χ1n) is 8.04. The van der Waals surface area contributed by atoms with Gasteiger partial charge >= 0.3 is 0 Å². The van der Waals surface area contributed by atoms with Crippen LogP contribution in [-0.4, -0.2) is 33.1 Å². The molecule has 0 bridgehead atoms. The molecule has 0 saturated heterocycles. The molecule has 2 rings (SSSR count). The topological polar surface area (TPSA) is 88.5 Å². The van der Waals surface area contributed by atoms with E-state index in [1.165, 1.54) is 24.3 Å². The Morgan fingerprint density at radius 2 is 1.20 bits per heavy atom. The molecule has 25 heavy (non-hydrogen) atoms. The summed E-state index contributed by atoms with van der Waals surface area (Å²) in [5, 5.41) is 9.30. The molecule has 5 nitrogen and oxygen atoms in total. The van der Waals surface area contributed by atoms with Crippen molar-refractivity contribution in [2.24, 2.45) is 5.92 Å². The molecule has 0 spiro atoms. The second kappa shape index (κ2) is 8.12. The minimum atomic E-state index is -4.14. The molecule has 0 aliphatic heterocycles.